The van der Waals surface area contributed by atoms with Gasteiger partial charge in [0, 0.05) is 37.3 Å². The minimum atomic E-state index is -0.531. The number of carbonyl (C=O) groups is 3. The molecule has 1 unspecified atom stereocenters. The lowest BCUT2D eigenvalue weighted by Crippen LogP contribution is -2.42. The molecule has 0 spiro atoms. The zero-order valence-corrected chi connectivity index (χ0v) is 16.8. The largest absolute Gasteiger partial charge is 0.331 e. The minimum Gasteiger partial charge on any atom is -0.331 e. The Bertz CT molecular complexity index is 960. The van der Waals surface area contributed by atoms with E-state index >= 15 is 0 Å². The fourth-order valence-corrected chi connectivity index (χ4v) is 4.01. The molecule has 2 heterocycles. The average Bonchev–Trinajstić information content (AvgIpc) is 3.34. The SMILES string of the molecule is Cc1ccc(C(=O)N2Cc3ccccc3C2)cc1NC(=O)C(C)N1CCCC1=O. The van der Waals surface area contributed by atoms with E-state index in [1.165, 1.54) is 11.1 Å². The summed E-state index contributed by atoms with van der Waals surface area (Å²) in [7, 11) is 0. The number of aryl methyl sites for hydroxylation is 1. The van der Waals surface area contributed by atoms with Crippen LogP contribution in [0.2, 0.25) is 0 Å². The number of amides is 3. The van der Waals surface area contributed by atoms with Gasteiger partial charge in [0.25, 0.3) is 5.91 Å². The number of likely N-dealkylation sites (tertiary alicyclic amines) is 1. The summed E-state index contributed by atoms with van der Waals surface area (Å²) in [5.74, 6) is -0.275. The number of carbonyl (C=O) groups excluding carboxylic acids is 3. The molecule has 0 aromatic heterocycles. The Morgan fingerprint density at radius 1 is 1.07 bits per heavy atom. The number of fused-ring (bicyclic) bond motifs is 1. The van der Waals surface area contributed by atoms with Crippen LogP contribution in [0.3, 0.4) is 0 Å². The Balaban J connectivity index is 1.48. The first-order valence-corrected chi connectivity index (χ1v) is 10.0. The molecular formula is C23H25N3O3. The quantitative estimate of drug-likeness (QED) is 0.871. The first-order valence-electron chi connectivity index (χ1n) is 10.0. The highest BCUT2D eigenvalue weighted by Crippen LogP contribution is 2.26. The number of rotatable bonds is 4. The van der Waals surface area contributed by atoms with Gasteiger partial charge < -0.3 is 15.1 Å². The second-order valence-electron chi connectivity index (χ2n) is 7.82. The van der Waals surface area contributed by atoms with Crippen LogP contribution in [0, 0.1) is 6.92 Å². The van der Waals surface area contributed by atoms with E-state index in [2.05, 4.69) is 5.32 Å². The van der Waals surface area contributed by atoms with Crippen LogP contribution < -0.4 is 5.32 Å². The van der Waals surface area contributed by atoms with Gasteiger partial charge in [-0.1, -0.05) is 30.3 Å². The van der Waals surface area contributed by atoms with Crippen molar-refractivity contribution in [3.63, 3.8) is 0 Å². The minimum absolute atomic E-state index is 0.0156. The summed E-state index contributed by atoms with van der Waals surface area (Å²) in [6.45, 7) is 5.43. The van der Waals surface area contributed by atoms with E-state index in [0.29, 0.717) is 37.3 Å². The summed E-state index contributed by atoms with van der Waals surface area (Å²) >= 11 is 0. The Morgan fingerprint density at radius 2 is 1.76 bits per heavy atom. The number of anilines is 1. The lowest BCUT2D eigenvalue weighted by molar-refractivity contribution is -0.134. The molecule has 6 heteroatoms. The summed E-state index contributed by atoms with van der Waals surface area (Å²) < 4.78 is 0. The molecule has 2 aromatic rings. The van der Waals surface area contributed by atoms with Gasteiger partial charge in [0.2, 0.25) is 11.8 Å². The third kappa shape index (κ3) is 3.75. The molecule has 1 fully saturated rings. The van der Waals surface area contributed by atoms with Crippen molar-refractivity contribution in [1.29, 1.82) is 0 Å². The van der Waals surface area contributed by atoms with E-state index in [1.54, 1.807) is 24.0 Å². The summed E-state index contributed by atoms with van der Waals surface area (Å²) in [5.41, 5.74) is 4.37. The standard InChI is InChI=1S/C23H25N3O3/c1-15-9-10-17(23(29)25-13-18-6-3-4-7-19(18)14-25)12-20(15)24-22(28)16(2)26-11-5-8-21(26)27/h3-4,6-7,9-10,12,16H,5,8,11,13-14H2,1-2H3,(H,24,28). The number of nitrogens with one attached hydrogen (secondary N) is 1. The Morgan fingerprint density at radius 3 is 2.38 bits per heavy atom. The molecule has 1 atom stereocenters. The predicted octanol–water partition coefficient (Wildman–Crippen LogP) is 3.10. The molecule has 2 aromatic carbocycles. The van der Waals surface area contributed by atoms with Gasteiger partial charge in [-0.2, -0.15) is 0 Å². The van der Waals surface area contributed by atoms with Crippen molar-refractivity contribution in [2.45, 2.75) is 45.8 Å². The fourth-order valence-electron chi connectivity index (χ4n) is 4.01. The molecule has 2 aliphatic heterocycles. The molecule has 150 valence electrons. The summed E-state index contributed by atoms with van der Waals surface area (Å²) in [5, 5.41) is 2.91. The molecule has 0 radical (unpaired) electrons. The highest BCUT2D eigenvalue weighted by molar-refractivity contribution is 6.00. The molecule has 6 nitrogen and oxygen atoms in total. The maximum absolute atomic E-state index is 13.0. The van der Waals surface area contributed by atoms with E-state index < -0.39 is 6.04 Å². The van der Waals surface area contributed by atoms with Crippen molar-refractivity contribution in [3.8, 4) is 0 Å². The first-order chi connectivity index (χ1) is 13.9. The zero-order chi connectivity index (χ0) is 20.5. The van der Waals surface area contributed by atoms with Crippen LogP contribution in [0.4, 0.5) is 5.69 Å². The molecule has 0 aliphatic carbocycles. The Hall–Kier alpha value is -3.15. The molecule has 29 heavy (non-hydrogen) atoms. The smallest absolute Gasteiger partial charge is 0.254 e. The van der Waals surface area contributed by atoms with Gasteiger partial charge >= 0.3 is 0 Å². The highest BCUT2D eigenvalue weighted by Gasteiger charge is 2.30. The summed E-state index contributed by atoms with van der Waals surface area (Å²) in [6, 6.07) is 12.9. The van der Waals surface area contributed by atoms with Crippen LogP contribution in [0.15, 0.2) is 42.5 Å². The number of hydrogen-bond donors (Lipinski definition) is 1. The van der Waals surface area contributed by atoms with Crippen LogP contribution in [0.25, 0.3) is 0 Å². The predicted molar refractivity (Wildman–Crippen MR) is 110 cm³/mol. The van der Waals surface area contributed by atoms with Gasteiger partial charge in [0.1, 0.15) is 6.04 Å². The maximum Gasteiger partial charge on any atom is 0.254 e. The molecule has 4 rings (SSSR count). The Labute approximate surface area is 170 Å². The van der Waals surface area contributed by atoms with Gasteiger partial charge in [-0.3, -0.25) is 14.4 Å². The summed E-state index contributed by atoms with van der Waals surface area (Å²) in [4.78, 5) is 41.0. The average molecular weight is 391 g/mol. The second-order valence-corrected chi connectivity index (χ2v) is 7.82. The van der Waals surface area contributed by atoms with Crippen LogP contribution in [0.1, 0.15) is 46.8 Å². The molecular weight excluding hydrogens is 366 g/mol. The normalized spacial score (nSPS) is 16.7. The molecule has 0 bridgehead atoms. The van der Waals surface area contributed by atoms with E-state index in [-0.39, 0.29) is 17.7 Å². The van der Waals surface area contributed by atoms with E-state index in [4.69, 9.17) is 0 Å². The molecule has 0 saturated carbocycles. The maximum atomic E-state index is 13.0. The van der Waals surface area contributed by atoms with Gasteiger partial charge in [-0.05, 0) is 49.1 Å². The monoisotopic (exact) mass is 391 g/mol. The lowest BCUT2D eigenvalue weighted by atomic mass is 10.1. The van der Waals surface area contributed by atoms with Crippen LogP contribution in [0.5, 0.6) is 0 Å². The van der Waals surface area contributed by atoms with E-state index in [0.717, 1.165) is 12.0 Å². The van der Waals surface area contributed by atoms with Crippen LogP contribution in [-0.2, 0) is 22.7 Å². The van der Waals surface area contributed by atoms with Gasteiger partial charge in [0.05, 0.1) is 0 Å². The topological polar surface area (TPSA) is 69.7 Å². The van der Waals surface area contributed by atoms with Crippen molar-refractivity contribution < 1.29 is 14.4 Å². The third-order valence-corrected chi connectivity index (χ3v) is 5.83. The first kappa shape index (κ1) is 19.2. The van der Waals surface area contributed by atoms with Crippen molar-refractivity contribution in [3.05, 3.63) is 64.7 Å². The Kier molecular flexibility index (Phi) is 5.09. The number of hydrogen-bond acceptors (Lipinski definition) is 3. The van der Waals surface area contributed by atoms with Crippen molar-refractivity contribution in [2.75, 3.05) is 11.9 Å². The molecule has 1 saturated heterocycles. The van der Waals surface area contributed by atoms with E-state index in [1.807, 2.05) is 42.2 Å². The van der Waals surface area contributed by atoms with Crippen molar-refractivity contribution in [2.24, 2.45) is 0 Å². The molecule has 3 amide bonds. The number of benzene rings is 2. The van der Waals surface area contributed by atoms with Crippen molar-refractivity contribution >= 4 is 23.4 Å². The van der Waals surface area contributed by atoms with Crippen LogP contribution in [-0.4, -0.2) is 40.1 Å². The van der Waals surface area contributed by atoms with Gasteiger partial charge in [-0.15, -0.1) is 0 Å². The number of nitrogens with zero attached hydrogens (tertiary/aromatic N) is 2. The second kappa shape index (κ2) is 7.70. The fraction of sp³-hybridized carbons (Fsp3) is 0.348. The third-order valence-electron chi connectivity index (χ3n) is 5.83. The molecule has 2 aliphatic rings. The lowest BCUT2D eigenvalue weighted by Gasteiger charge is -2.24. The van der Waals surface area contributed by atoms with Crippen molar-refractivity contribution in [1.82, 2.24) is 9.80 Å². The molecule has 1 N–H and O–H groups in total. The zero-order valence-electron chi connectivity index (χ0n) is 16.8. The van der Waals surface area contributed by atoms with Crippen LogP contribution >= 0.6 is 0 Å². The highest BCUT2D eigenvalue weighted by atomic mass is 16.2. The van der Waals surface area contributed by atoms with E-state index in [9.17, 15) is 14.4 Å². The summed E-state index contributed by atoms with van der Waals surface area (Å²) in [6.07, 6.45) is 1.29. The van der Waals surface area contributed by atoms with Gasteiger partial charge in [0.15, 0.2) is 0 Å². The van der Waals surface area contributed by atoms with Gasteiger partial charge in [-0.25, -0.2) is 0 Å².